The van der Waals surface area contributed by atoms with Crippen molar-refractivity contribution in [3.63, 3.8) is 0 Å². The summed E-state index contributed by atoms with van der Waals surface area (Å²) in [6.07, 6.45) is 0.0548. The number of aliphatic hydroxyl groups is 1. The highest BCUT2D eigenvalue weighted by Gasteiger charge is 2.26. The summed E-state index contributed by atoms with van der Waals surface area (Å²) < 4.78 is 10.8. The van der Waals surface area contributed by atoms with Crippen molar-refractivity contribution in [2.75, 3.05) is 6.61 Å². The molecule has 1 aromatic rings. The van der Waals surface area contributed by atoms with Gasteiger partial charge in [0.1, 0.15) is 6.10 Å². The largest absolute Gasteiger partial charge is 0.392 e. The lowest BCUT2D eigenvalue weighted by Crippen LogP contribution is -2.16. The third-order valence-electron chi connectivity index (χ3n) is 3.05. The van der Waals surface area contributed by atoms with E-state index in [2.05, 4.69) is 24.0 Å². The molecule has 0 saturated carbocycles. The number of ether oxygens (including phenoxy) is 1. The average Bonchev–Trinajstić information content (AvgIpc) is 2.82. The predicted molar refractivity (Wildman–Crippen MR) is 68.2 cm³/mol. The van der Waals surface area contributed by atoms with Crippen molar-refractivity contribution in [1.82, 2.24) is 10.1 Å². The number of nitrogens with zero attached hydrogens (tertiary/aromatic N) is 2. The molecule has 1 rings (SSSR count). The molecule has 104 valence electrons. The number of rotatable bonds is 7. The Morgan fingerprint density at radius 3 is 2.44 bits per heavy atom. The van der Waals surface area contributed by atoms with Crippen molar-refractivity contribution in [2.24, 2.45) is 5.92 Å². The van der Waals surface area contributed by atoms with Gasteiger partial charge in [0.2, 0.25) is 11.7 Å². The Kier molecular flexibility index (Phi) is 5.75. The Labute approximate surface area is 109 Å². The fraction of sp³-hybridized carbons (Fsp3) is 0.846. The Balaban J connectivity index is 2.83. The molecule has 5 heteroatoms. The molecule has 0 aliphatic heterocycles. The zero-order valence-corrected chi connectivity index (χ0v) is 11.9. The molecule has 0 amide bonds. The van der Waals surface area contributed by atoms with Crippen LogP contribution >= 0.6 is 0 Å². The van der Waals surface area contributed by atoms with E-state index in [0.29, 0.717) is 24.7 Å². The zero-order chi connectivity index (χ0) is 13.7. The van der Waals surface area contributed by atoms with Crippen LogP contribution < -0.4 is 0 Å². The van der Waals surface area contributed by atoms with Crippen LogP contribution in [0.2, 0.25) is 0 Å². The van der Waals surface area contributed by atoms with Gasteiger partial charge in [-0.05, 0) is 19.3 Å². The maximum atomic E-state index is 9.78. The molecule has 0 aliphatic rings. The minimum Gasteiger partial charge on any atom is -0.392 e. The van der Waals surface area contributed by atoms with Gasteiger partial charge in [0.05, 0.1) is 12.0 Å². The van der Waals surface area contributed by atoms with Crippen molar-refractivity contribution in [2.45, 2.75) is 59.2 Å². The minimum atomic E-state index is -0.456. The van der Waals surface area contributed by atoms with Crippen molar-refractivity contribution in [1.29, 1.82) is 0 Å². The topological polar surface area (TPSA) is 68.4 Å². The third kappa shape index (κ3) is 3.53. The van der Waals surface area contributed by atoms with Crippen LogP contribution in [0.1, 0.15) is 64.8 Å². The Bertz CT molecular complexity index is 352. The Morgan fingerprint density at radius 1 is 1.28 bits per heavy atom. The van der Waals surface area contributed by atoms with Gasteiger partial charge in [-0.25, -0.2) is 0 Å². The molecule has 0 bridgehead atoms. The van der Waals surface area contributed by atoms with E-state index in [-0.39, 0.29) is 17.9 Å². The third-order valence-corrected chi connectivity index (χ3v) is 3.05. The first-order chi connectivity index (χ1) is 8.51. The van der Waals surface area contributed by atoms with Gasteiger partial charge in [0.25, 0.3) is 0 Å². The van der Waals surface area contributed by atoms with E-state index in [1.54, 1.807) is 0 Å². The number of hydrogen-bond acceptors (Lipinski definition) is 5. The standard InChI is InChI=1S/C13H24N2O3/c1-6-10(16)9(5)13-14-12(15-18-13)11(8(3)4)17-7-2/h8-11,16H,6-7H2,1-5H3. The SMILES string of the molecule is CCOC(c1noc(C(C)C(O)CC)n1)C(C)C. The van der Waals surface area contributed by atoms with Gasteiger partial charge in [-0.1, -0.05) is 32.9 Å². The average molecular weight is 256 g/mol. The number of hydrogen-bond donors (Lipinski definition) is 1. The molecule has 1 aromatic heterocycles. The second-order valence-electron chi connectivity index (χ2n) is 4.88. The smallest absolute Gasteiger partial charge is 0.232 e. The lowest BCUT2D eigenvalue weighted by atomic mass is 10.0. The highest BCUT2D eigenvalue weighted by atomic mass is 16.5. The van der Waals surface area contributed by atoms with E-state index in [9.17, 15) is 5.11 Å². The van der Waals surface area contributed by atoms with Gasteiger partial charge in [-0.3, -0.25) is 0 Å². The van der Waals surface area contributed by atoms with Crippen molar-refractivity contribution < 1.29 is 14.4 Å². The molecule has 0 aliphatic carbocycles. The molecule has 5 nitrogen and oxygen atoms in total. The molecule has 1 N–H and O–H groups in total. The monoisotopic (exact) mass is 256 g/mol. The van der Waals surface area contributed by atoms with Crippen LogP contribution in [0.3, 0.4) is 0 Å². The van der Waals surface area contributed by atoms with Crippen LogP contribution in [0.5, 0.6) is 0 Å². The normalized spacial score (nSPS) is 16.8. The Morgan fingerprint density at radius 2 is 1.94 bits per heavy atom. The van der Waals surface area contributed by atoms with Crippen LogP contribution in [0.25, 0.3) is 0 Å². The van der Waals surface area contributed by atoms with E-state index in [1.807, 2.05) is 20.8 Å². The summed E-state index contributed by atoms with van der Waals surface area (Å²) >= 11 is 0. The van der Waals surface area contributed by atoms with Gasteiger partial charge in [-0.2, -0.15) is 4.98 Å². The van der Waals surface area contributed by atoms with Gasteiger partial charge in [-0.15, -0.1) is 0 Å². The molecule has 0 radical (unpaired) electrons. The van der Waals surface area contributed by atoms with Crippen molar-refractivity contribution in [3.05, 3.63) is 11.7 Å². The number of aliphatic hydroxyl groups excluding tert-OH is 1. The van der Waals surface area contributed by atoms with Gasteiger partial charge < -0.3 is 14.4 Å². The van der Waals surface area contributed by atoms with E-state index in [0.717, 1.165) is 0 Å². The number of aromatic nitrogens is 2. The highest BCUT2D eigenvalue weighted by Crippen LogP contribution is 2.26. The van der Waals surface area contributed by atoms with Gasteiger partial charge in [0.15, 0.2) is 0 Å². The maximum Gasteiger partial charge on any atom is 0.232 e. The summed E-state index contributed by atoms with van der Waals surface area (Å²) in [4.78, 5) is 4.36. The fourth-order valence-electron chi connectivity index (χ4n) is 1.81. The summed E-state index contributed by atoms with van der Waals surface area (Å²) in [7, 11) is 0. The summed E-state index contributed by atoms with van der Waals surface area (Å²) in [5.74, 6) is 1.18. The van der Waals surface area contributed by atoms with Gasteiger partial charge in [0, 0.05) is 6.61 Å². The van der Waals surface area contributed by atoms with E-state index < -0.39 is 6.10 Å². The molecular weight excluding hydrogens is 232 g/mol. The quantitative estimate of drug-likeness (QED) is 0.812. The maximum absolute atomic E-state index is 9.78. The van der Waals surface area contributed by atoms with Crippen LogP contribution in [-0.4, -0.2) is 28.0 Å². The van der Waals surface area contributed by atoms with Crippen LogP contribution in [0.15, 0.2) is 4.52 Å². The molecule has 3 unspecified atom stereocenters. The van der Waals surface area contributed by atoms with E-state index in [1.165, 1.54) is 0 Å². The molecule has 0 saturated heterocycles. The van der Waals surface area contributed by atoms with E-state index in [4.69, 9.17) is 9.26 Å². The van der Waals surface area contributed by atoms with Crippen molar-refractivity contribution in [3.8, 4) is 0 Å². The lowest BCUT2D eigenvalue weighted by molar-refractivity contribution is 0.0217. The minimum absolute atomic E-state index is 0.148. The molecule has 0 spiro atoms. The first kappa shape index (κ1) is 15.1. The van der Waals surface area contributed by atoms with E-state index >= 15 is 0 Å². The van der Waals surface area contributed by atoms with Crippen LogP contribution in [0, 0.1) is 5.92 Å². The van der Waals surface area contributed by atoms with Crippen LogP contribution in [0.4, 0.5) is 0 Å². The summed E-state index contributed by atoms with van der Waals surface area (Å²) in [5.41, 5.74) is 0. The first-order valence-electron chi connectivity index (χ1n) is 6.64. The van der Waals surface area contributed by atoms with Crippen LogP contribution in [-0.2, 0) is 4.74 Å². The molecule has 18 heavy (non-hydrogen) atoms. The first-order valence-corrected chi connectivity index (χ1v) is 6.64. The molecule has 1 heterocycles. The lowest BCUT2D eigenvalue weighted by Gasteiger charge is -2.16. The summed E-state index contributed by atoms with van der Waals surface area (Å²) in [6, 6.07) is 0. The molecular formula is C13H24N2O3. The molecule has 3 atom stereocenters. The predicted octanol–water partition coefficient (Wildman–Crippen LogP) is 2.68. The van der Waals surface area contributed by atoms with Crippen molar-refractivity contribution >= 4 is 0 Å². The second-order valence-corrected chi connectivity index (χ2v) is 4.88. The highest BCUT2D eigenvalue weighted by molar-refractivity contribution is 4.98. The second kappa shape index (κ2) is 6.85. The Hall–Kier alpha value is -0.940. The molecule has 0 fully saturated rings. The molecule has 0 aromatic carbocycles. The summed E-state index contributed by atoms with van der Waals surface area (Å²) in [6.45, 7) is 10.5. The zero-order valence-electron chi connectivity index (χ0n) is 11.9. The fourth-order valence-corrected chi connectivity index (χ4v) is 1.81. The summed E-state index contributed by atoms with van der Waals surface area (Å²) in [5, 5.41) is 13.8. The van der Waals surface area contributed by atoms with Gasteiger partial charge >= 0.3 is 0 Å².